The topological polar surface area (TPSA) is 59.4 Å². The van der Waals surface area contributed by atoms with Gasteiger partial charge < -0.3 is 19.5 Å². The summed E-state index contributed by atoms with van der Waals surface area (Å²) in [5, 5.41) is 3.41. The first-order chi connectivity index (χ1) is 12.7. The van der Waals surface area contributed by atoms with E-state index in [9.17, 15) is 4.79 Å². The van der Waals surface area contributed by atoms with Crippen LogP contribution < -0.4 is 5.32 Å². The van der Waals surface area contributed by atoms with Gasteiger partial charge in [-0.3, -0.25) is 4.79 Å². The van der Waals surface area contributed by atoms with Crippen molar-refractivity contribution in [3.8, 4) is 0 Å². The van der Waals surface area contributed by atoms with Crippen molar-refractivity contribution >= 4 is 12.0 Å². The lowest BCUT2D eigenvalue weighted by molar-refractivity contribution is -0.157. The Morgan fingerprint density at radius 2 is 2.15 bits per heavy atom. The number of aryl methyl sites for hydroxylation is 1. The van der Waals surface area contributed by atoms with Gasteiger partial charge in [-0.1, -0.05) is 42.5 Å². The minimum Gasteiger partial charge on any atom is -0.364 e. The maximum atomic E-state index is 12.3. The number of morpholine rings is 1. The Hall–Kier alpha value is -2.44. The first-order valence-electron chi connectivity index (χ1n) is 9.01. The molecule has 0 radical (unpaired) electrons. The second kappa shape index (κ2) is 8.78. The third-order valence-corrected chi connectivity index (χ3v) is 4.61. The minimum absolute atomic E-state index is 0.0146. The predicted octanol–water partition coefficient (Wildman–Crippen LogP) is 2.01. The zero-order valence-corrected chi connectivity index (χ0v) is 15.3. The summed E-state index contributed by atoms with van der Waals surface area (Å²) in [5.74, 6) is 0.868. The number of nitrogens with one attached hydrogen (secondary N) is 1. The molecule has 1 aliphatic rings. The number of aromatic nitrogens is 2. The highest BCUT2D eigenvalue weighted by molar-refractivity contribution is 5.78. The zero-order valence-electron chi connectivity index (χ0n) is 15.3. The predicted molar refractivity (Wildman–Crippen MR) is 101 cm³/mol. The average molecular weight is 354 g/mol. The number of likely N-dealkylation sites (N-methyl/N-ethyl adjacent to an activating group) is 1. The third-order valence-electron chi connectivity index (χ3n) is 4.61. The lowest BCUT2D eigenvalue weighted by atomic mass is 10.1. The number of hydrogen-bond acceptors (Lipinski definition) is 4. The molecule has 1 amide bonds. The molecule has 0 spiro atoms. The van der Waals surface area contributed by atoms with Crippen molar-refractivity contribution in [2.24, 2.45) is 7.05 Å². The van der Waals surface area contributed by atoms with Crippen LogP contribution in [0.1, 0.15) is 24.4 Å². The van der Waals surface area contributed by atoms with Crippen LogP contribution in [0.15, 0.2) is 48.8 Å². The van der Waals surface area contributed by atoms with Crippen molar-refractivity contribution in [3.05, 3.63) is 60.2 Å². The van der Waals surface area contributed by atoms with Crippen LogP contribution in [0.3, 0.4) is 0 Å². The highest BCUT2D eigenvalue weighted by Gasteiger charge is 2.38. The highest BCUT2D eigenvalue weighted by atomic mass is 16.5. The van der Waals surface area contributed by atoms with E-state index >= 15 is 0 Å². The van der Waals surface area contributed by atoms with Gasteiger partial charge in [0.15, 0.2) is 0 Å². The summed E-state index contributed by atoms with van der Waals surface area (Å²) < 4.78 is 7.80. The van der Waals surface area contributed by atoms with Crippen LogP contribution >= 0.6 is 0 Å². The van der Waals surface area contributed by atoms with Crippen LogP contribution in [0.4, 0.5) is 0 Å². The van der Waals surface area contributed by atoms with Crippen LogP contribution in [0.2, 0.25) is 0 Å². The van der Waals surface area contributed by atoms with E-state index in [1.165, 1.54) is 5.56 Å². The number of rotatable bonds is 7. The molecule has 1 fully saturated rings. The smallest absolute Gasteiger partial charge is 0.249 e. The number of ether oxygens (including phenoxy) is 1. The quantitative estimate of drug-likeness (QED) is 0.773. The van der Waals surface area contributed by atoms with Crippen molar-refractivity contribution in [1.29, 1.82) is 0 Å². The normalized spacial score (nSPS) is 20.8. The van der Waals surface area contributed by atoms with Crippen molar-refractivity contribution in [2.45, 2.75) is 19.1 Å². The van der Waals surface area contributed by atoms with Crippen molar-refractivity contribution in [2.75, 3.05) is 26.2 Å². The Morgan fingerprint density at radius 1 is 1.35 bits per heavy atom. The molecular weight excluding hydrogens is 328 g/mol. The van der Waals surface area contributed by atoms with Gasteiger partial charge >= 0.3 is 0 Å². The van der Waals surface area contributed by atoms with Crippen LogP contribution in [-0.2, 0) is 16.6 Å². The molecule has 1 aromatic carbocycles. The van der Waals surface area contributed by atoms with Gasteiger partial charge in [0.2, 0.25) is 5.91 Å². The number of amides is 1. The van der Waals surface area contributed by atoms with Gasteiger partial charge in [-0.25, -0.2) is 4.98 Å². The minimum atomic E-state index is -0.174. The van der Waals surface area contributed by atoms with E-state index in [2.05, 4.69) is 34.6 Å². The number of imidazole rings is 1. The summed E-state index contributed by atoms with van der Waals surface area (Å²) >= 11 is 0. The fraction of sp³-hybridized carbons (Fsp3) is 0.400. The maximum Gasteiger partial charge on any atom is 0.249 e. The summed E-state index contributed by atoms with van der Waals surface area (Å²) in [4.78, 5) is 18.6. The standard InChI is InChI=1S/C20H26N4O2/c1-3-24-18(25)15-26-17(19(24)20-22-12-13-23(20)2)14-21-11-7-10-16-8-5-4-6-9-16/h4-10,12-13,17,19,21H,3,11,14-15H2,1-2H3/t17-,19+/m0/s1. The second-order valence-electron chi connectivity index (χ2n) is 6.34. The fourth-order valence-corrected chi connectivity index (χ4v) is 3.29. The number of hydrogen-bond donors (Lipinski definition) is 1. The van der Waals surface area contributed by atoms with E-state index in [4.69, 9.17) is 4.74 Å². The molecule has 6 nitrogen and oxygen atoms in total. The van der Waals surface area contributed by atoms with E-state index in [0.717, 1.165) is 12.4 Å². The lowest BCUT2D eigenvalue weighted by Crippen LogP contribution is -2.52. The Morgan fingerprint density at radius 3 is 2.85 bits per heavy atom. The van der Waals surface area contributed by atoms with E-state index in [1.54, 1.807) is 6.20 Å². The van der Waals surface area contributed by atoms with Gasteiger partial charge in [-0.2, -0.15) is 0 Å². The van der Waals surface area contributed by atoms with Gasteiger partial charge in [-0.05, 0) is 12.5 Å². The molecule has 1 aromatic heterocycles. The number of carbonyl (C=O) groups is 1. The molecule has 1 aliphatic heterocycles. The van der Waals surface area contributed by atoms with Crippen LogP contribution in [0.5, 0.6) is 0 Å². The highest BCUT2D eigenvalue weighted by Crippen LogP contribution is 2.28. The molecule has 2 heterocycles. The molecule has 0 saturated carbocycles. The SMILES string of the molecule is CCN1C(=O)CO[C@@H](CNCC=Cc2ccccc2)[C@@H]1c1nccn1C. The van der Waals surface area contributed by atoms with Crippen molar-refractivity contribution < 1.29 is 9.53 Å². The summed E-state index contributed by atoms with van der Waals surface area (Å²) in [6.45, 7) is 4.15. The molecule has 0 bridgehead atoms. The van der Waals surface area contributed by atoms with Gasteiger partial charge in [0.1, 0.15) is 18.5 Å². The fourth-order valence-electron chi connectivity index (χ4n) is 3.29. The van der Waals surface area contributed by atoms with Crippen LogP contribution in [0, 0.1) is 0 Å². The molecule has 26 heavy (non-hydrogen) atoms. The zero-order chi connectivity index (χ0) is 18.4. The van der Waals surface area contributed by atoms with Crippen LogP contribution in [-0.4, -0.2) is 52.7 Å². The van der Waals surface area contributed by atoms with Crippen molar-refractivity contribution in [1.82, 2.24) is 19.8 Å². The molecule has 2 aromatic rings. The molecular formula is C20H26N4O2. The van der Waals surface area contributed by atoms with Gasteiger partial charge in [0.25, 0.3) is 0 Å². The first kappa shape index (κ1) is 18.4. The second-order valence-corrected chi connectivity index (χ2v) is 6.34. The summed E-state index contributed by atoms with van der Waals surface area (Å²) in [5.41, 5.74) is 1.18. The molecule has 1 N–H and O–H groups in total. The molecule has 0 unspecified atom stereocenters. The van der Waals surface area contributed by atoms with Gasteiger partial charge in [0.05, 0.1) is 6.10 Å². The van der Waals surface area contributed by atoms with Crippen LogP contribution in [0.25, 0.3) is 6.08 Å². The van der Waals surface area contributed by atoms with E-state index in [0.29, 0.717) is 13.1 Å². The molecule has 2 atom stereocenters. The summed E-state index contributed by atoms with van der Waals surface area (Å²) in [7, 11) is 1.95. The molecule has 138 valence electrons. The van der Waals surface area contributed by atoms with Gasteiger partial charge in [0, 0.05) is 39.1 Å². The van der Waals surface area contributed by atoms with Gasteiger partial charge in [-0.15, -0.1) is 0 Å². The number of carbonyl (C=O) groups excluding carboxylic acids is 1. The van der Waals surface area contributed by atoms with E-state index < -0.39 is 0 Å². The molecule has 0 aliphatic carbocycles. The van der Waals surface area contributed by atoms with E-state index in [-0.39, 0.29) is 24.7 Å². The lowest BCUT2D eigenvalue weighted by Gasteiger charge is -2.40. The molecule has 6 heteroatoms. The number of nitrogens with zero attached hydrogens (tertiary/aromatic N) is 3. The Labute approximate surface area is 154 Å². The first-order valence-corrected chi connectivity index (χ1v) is 9.01. The van der Waals surface area contributed by atoms with Crippen molar-refractivity contribution in [3.63, 3.8) is 0 Å². The number of benzene rings is 1. The maximum absolute atomic E-state index is 12.3. The summed E-state index contributed by atoms with van der Waals surface area (Å²) in [6.07, 6.45) is 7.72. The Bertz CT molecular complexity index is 741. The average Bonchev–Trinajstić information content (AvgIpc) is 3.08. The Kier molecular flexibility index (Phi) is 6.20. The summed E-state index contributed by atoms with van der Waals surface area (Å²) in [6, 6.07) is 10.0. The Balaban J connectivity index is 1.62. The van der Waals surface area contributed by atoms with E-state index in [1.807, 2.05) is 47.8 Å². The largest absolute Gasteiger partial charge is 0.364 e. The molecule has 3 rings (SSSR count). The monoisotopic (exact) mass is 354 g/mol. The third kappa shape index (κ3) is 4.20. The molecule has 1 saturated heterocycles.